The molecule has 0 unspecified atom stereocenters. The van der Waals surface area contributed by atoms with E-state index in [9.17, 15) is 9.90 Å². The van der Waals surface area contributed by atoms with E-state index in [2.05, 4.69) is 15.1 Å². The average Bonchev–Trinajstić information content (AvgIpc) is 2.94. The highest BCUT2D eigenvalue weighted by molar-refractivity contribution is 5.87. The Labute approximate surface area is 119 Å². The summed E-state index contributed by atoms with van der Waals surface area (Å²) in [5, 5.41) is 22.5. The van der Waals surface area contributed by atoms with Gasteiger partial charge in [-0.15, -0.1) is 0 Å². The fraction of sp³-hybridized carbons (Fsp3) is 0. The number of rotatable bonds is 3. The molecule has 3 rings (SSSR count). The molecule has 104 valence electrons. The van der Waals surface area contributed by atoms with Crippen molar-refractivity contribution in [2.24, 2.45) is 0 Å². The van der Waals surface area contributed by atoms with Gasteiger partial charge in [0.05, 0.1) is 29.5 Å². The van der Waals surface area contributed by atoms with E-state index in [0.29, 0.717) is 17.1 Å². The smallest absolute Gasteiger partial charge is 0.356 e. The lowest BCUT2D eigenvalue weighted by molar-refractivity contribution is 0.0690. The van der Waals surface area contributed by atoms with Gasteiger partial charge in [0.15, 0.2) is 5.69 Å². The first kappa shape index (κ1) is 12.8. The maximum Gasteiger partial charge on any atom is 0.356 e. The van der Waals surface area contributed by atoms with E-state index >= 15 is 0 Å². The Kier molecular flexibility index (Phi) is 3.07. The van der Waals surface area contributed by atoms with Crippen LogP contribution in [0.25, 0.3) is 17.1 Å². The van der Waals surface area contributed by atoms with Crippen molar-refractivity contribution in [3.63, 3.8) is 0 Å². The molecule has 0 saturated heterocycles. The number of nitrogens with zero attached hydrogens (tertiary/aromatic N) is 4. The van der Waals surface area contributed by atoms with Crippen LogP contribution < -0.4 is 0 Å². The zero-order valence-corrected chi connectivity index (χ0v) is 10.7. The predicted molar refractivity (Wildman–Crippen MR) is 73.2 cm³/mol. The minimum atomic E-state index is -1.13. The second kappa shape index (κ2) is 5.04. The second-order valence-electron chi connectivity index (χ2n) is 4.24. The van der Waals surface area contributed by atoms with Crippen LogP contribution in [-0.2, 0) is 0 Å². The number of aromatic hydroxyl groups is 1. The summed E-state index contributed by atoms with van der Waals surface area (Å²) < 4.78 is 1.45. The van der Waals surface area contributed by atoms with Crippen LogP contribution in [0.3, 0.4) is 0 Å². The van der Waals surface area contributed by atoms with Gasteiger partial charge in [-0.25, -0.2) is 9.48 Å². The number of aromatic carboxylic acids is 1. The summed E-state index contributed by atoms with van der Waals surface area (Å²) in [4.78, 5) is 19.2. The van der Waals surface area contributed by atoms with Crippen molar-refractivity contribution in [1.29, 1.82) is 0 Å². The number of carbonyl (C=O) groups is 1. The first-order valence-corrected chi connectivity index (χ1v) is 6.04. The van der Waals surface area contributed by atoms with Crippen LogP contribution in [0.4, 0.5) is 0 Å². The van der Waals surface area contributed by atoms with Gasteiger partial charge in [-0.05, 0) is 24.3 Å². The summed E-state index contributed by atoms with van der Waals surface area (Å²) in [5.41, 5.74) is 1.52. The molecular formula is C14H10N4O3. The molecule has 7 heteroatoms. The largest absolute Gasteiger partial charge is 0.506 e. The van der Waals surface area contributed by atoms with Crippen molar-refractivity contribution in [3.8, 4) is 22.8 Å². The summed E-state index contributed by atoms with van der Waals surface area (Å²) in [7, 11) is 0. The molecule has 0 aliphatic rings. The Bertz CT molecular complexity index is 782. The summed E-state index contributed by atoms with van der Waals surface area (Å²) in [6, 6.07) is 7.98. The molecular weight excluding hydrogens is 272 g/mol. The molecule has 0 amide bonds. The monoisotopic (exact) mass is 282 g/mol. The highest BCUT2D eigenvalue weighted by Crippen LogP contribution is 2.23. The van der Waals surface area contributed by atoms with Crippen molar-refractivity contribution >= 4 is 5.97 Å². The summed E-state index contributed by atoms with van der Waals surface area (Å²) in [6.07, 6.45) is 4.47. The fourth-order valence-electron chi connectivity index (χ4n) is 1.88. The van der Waals surface area contributed by atoms with Crippen LogP contribution in [0.5, 0.6) is 5.75 Å². The number of carboxylic acids is 1. The molecule has 0 aromatic carbocycles. The first-order chi connectivity index (χ1) is 10.1. The third-order valence-electron chi connectivity index (χ3n) is 2.83. The third-order valence-corrected chi connectivity index (χ3v) is 2.83. The molecule has 0 aliphatic heterocycles. The van der Waals surface area contributed by atoms with Crippen LogP contribution in [0.15, 0.2) is 48.9 Å². The van der Waals surface area contributed by atoms with Gasteiger partial charge < -0.3 is 10.2 Å². The summed E-state index contributed by atoms with van der Waals surface area (Å²) >= 11 is 0. The van der Waals surface area contributed by atoms with E-state index < -0.39 is 5.97 Å². The molecule has 3 aromatic heterocycles. The first-order valence-electron chi connectivity index (χ1n) is 6.04. The normalized spacial score (nSPS) is 10.5. The van der Waals surface area contributed by atoms with Gasteiger partial charge in [0, 0.05) is 12.3 Å². The highest BCUT2D eigenvalue weighted by Gasteiger charge is 2.16. The quantitative estimate of drug-likeness (QED) is 0.758. The molecule has 0 radical (unpaired) electrons. The van der Waals surface area contributed by atoms with Crippen LogP contribution in [0.2, 0.25) is 0 Å². The number of hydrogen-bond donors (Lipinski definition) is 2. The third kappa shape index (κ3) is 2.44. The van der Waals surface area contributed by atoms with Crippen molar-refractivity contribution in [1.82, 2.24) is 19.7 Å². The Hall–Kier alpha value is -3.22. The topological polar surface area (TPSA) is 101 Å². The van der Waals surface area contributed by atoms with Crippen LogP contribution in [-0.4, -0.2) is 35.9 Å². The van der Waals surface area contributed by atoms with E-state index in [1.54, 1.807) is 30.6 Å². The predicted octanol–water partition coefficient (Wildman–Crippen LogP) is 1.73. The maximum atomic E-state index is 11.1. The SMILES string of the molecule is O=C(O)c1cc(-c2ccc(O)cn2)n(-c2cccnc2)n1. The molecule has 7 nitrogen and oxygen atoms in total. The van der Waals surface area contributed by atoms with Crippen molar-refractivity contribution in [3.05, 3.63) is 54.6 Å². The second-order valence-corrected chi connectivity index (χ2v) is 4.24. The summed E-state index contributed by atoms with van der Waals surface area (Å²) in [5.74, 6) is -1.10. The zero-order valence-electron chi connectivity index (χ0n) is 10.7. The molecule has 0 aliphatic carbocycles. The van der Waals surface area contributed by atoms with Crippen LogP contribution in [0, 0.1) is 0 Å². The van der Waals surface area contributed by atoms with Crippen molar-refractivity contribution in [2.45, 2.75) is 0 Å². The molecule has 3 heterocycles. The van der Waals surface area contributed by atoms with Gasteiger partial charge in [-0.1, -0.05) is 0 Å². The minimum Gasteiger partial charge on any atom is -0.506 e. The van der Waals surface area contributed by atoms with E-state index in [1.807, 2.05) is 0 Å². The average molecular weight is 282 g/mol. The zero-order chi connectivity index (χ0) is 14.8. The van der Waals surface area contributed by atoms with E-state index in [0.717, 1.165) is 0 Å². The Balaban J connectivity index is 2.19. The van der Waals surface area contributed by atoms with Crippen LogP contribution in [0.1, 0.15) is 10.5 Å². The molecule has 0 spiro atoms. The van der Waals surface area contributed by atoms with Gasteiger partial charge in [0.25, 0.3) is 0 Å². The van der Waals surface area contributed by atoms with E-state index in [4.69, 9.17) is 5.11 Å². The Morgan fingerprint density at radius 2 is 2.05 bits per heavy atom. The van der Waals surface area contributed by atoms with Gasteiger partial charge in [0.2, 0.25) is 0 Å². The van der Waals surface area contributed by atoms with Gasteiger partial charge in [-0.2, -0.15) is 5.10 Å². The van der Waals surface area contributed by atoms with Gasteiger partial charge >= 0.3 is 5.97 Å². The molecule has 2 N–H and O–H groups in total. The Morgan fingerprint density at radius 1 is 1.19 bits per heavy atom. The van der Waals surface area contributed by atoms with Gasteiger partial charge in [0.1, 0.15) is 5.75 Å². The lowest BCUT2D eigenvalue weighted by atomic mass is 10.2. The molecule has 0 atom stereocenters. The maximum absolute atomic E-state index is 11.1. The Morgan fingerprint density at radius 3 is 2.67 bits per heavy atom. The highest BCUT2D eigenvalue weighted by atomic mass is 16.4. The number of hydrogen-bond acceptors (Lipinski definition) is 5. The molecule has 3 aromatic rings. The van der Waals surface area contributed by atoms with Crippen molar-refractivity contribution < 1.29 is 15.0 Å². The van der Waals surface area contributed by atoms with E-state index in [-0.39, 0.29) is 11.4 Å². The minimum absolute atomic E-state index is 0.0321. The molecule has 0 fully saturated rings. The lowest BCUT2D eigenvalue weighted by Gasteiger charge is -2.06. The fourth-order valence-corrected chi connectivity index (χ4v) is 1.88. The number of carboxylic acid groups (broad SMARTS) is 1. The molecule has 21 heavy (non-hydrogen) atoms. The lowest BCUT2D eigenvalue weighted by Crippen LogP contribution is -2.02. The van der Waals surface area contributed by atoms with Crippen LogP contribution >= 0.6 is 0 Å². The van der Waals surface area contributed by atoms with Crippen molar-refractivity contribution in [2.75, 3.05) is 0 Å². The molecule has 0 saturated carbocycles. The van der Waals surface area contributed by atoms with Gasteiger partial charge in [-0.3, -0.25) is 9.97 Å². The van der Waals surface area contributed by atoms with E-state index in [1.165, 1.54) is 23.0 Å². The molecule has 0 bridgehead atoms. The standard InChI is InChI=1S/C14H10N4O3/c19-10-3-4-11(16-8-10)13-6-12(14(20)21)17-18(13)9-2-1-5-15-7-9/h1-8,19H,(H,20,21). The number of aromatic nitrogens is 4. The summed E-state index contributed by atoms with van der Waals surface area (Å²) in [6.45, 7) is 0. The number of pyridine rings is 2.